The van der Waals surface area contributed by atoms with Crippen molar-refractivity contribution in [1.29, 1.82) is 0 Å². The summed E-state index contributed by atoms with van der Waals surface area (Å²) in [6, 6.07) is 10.8. The lowest BCUT2D eigenvalue weighted by molar-refractivity contribution is -0.0243. The summed E-state index contributed by atoms with van der Waals surface area (Å²) >= 11 is 0. The molecule has 5 nitrogen and oxygen atoms in total. The first-order chi connectivity index (χ1) is 14.6. The third-order valence-electron chi connectivity index (χ3n) is 7.91. The minimum Gasteiger partial charge on any atom is -0.298 e. The number of hydrogen-bond donors (Lipinski definition) is 1. The molecule has 4 fully saturated rings. The highest BCUT2D eigenvalue weighted by Gasteiger charge is 2.52. The van der Waals surface area contributed by atoms with Crippen molar-refractivity contribution in [1.82, 2.24) is 25.5 Å². The van der Waals surface area contributed by atoms with Crippen LogP contribution in [0.2, 0.25) is 0 Å². The van der Waals surface area contributed by atoms with E-state index in [0.29, 0.717) is 0 Å². The summed E-state index contributed by atoms with van der Waals surface area (Å²) in [5.41, 5.74) is 1.54. The van der Waals surface area contributed by atoms with Gasteiger partial charge in [0, 0.05) is 5.54 Å². The van der Waals surface area contributed by atoms with Gasteiger partial charge in [-0.05, 0) is 98.0 Å². The molecule has 1 unspecified atom stereocenters. The average Bonchev–Trinajstić information content (AvgIpc) is 3.14. The molecular formula is C26H39N5. The molecule has 1 atom stereocenters. The predicted molar refractivity (Wildman–Crippen MR) is 124 cm³/mol. The fourth-order valence-electron chi connectivity index (χ4n) is 7.71. The van der Waals surface area contributed by atoms with Gasteiger partial charge in [-0.25, -0.2) is 4.68 Å². The molecule has 4 aliphatic rings. The molecule has 0 amide bonds. The van der Waals surface area contributed by atoms with Gasteiger partial charge < -0.3 is 0 Å². The molecule has 4 saturated carbocycles. The van der Waals surface area contributed by atoms with Crippen molar-refractivity contribution in [3.8, 4) is 0 Å². The van der Waals surface area contributed by atoms with E-state index in [4.69, 9.17) is 0 Å². The Morgan fingerprint density at radius 1 is 0.968 bits per heavy atom. The van der Waals surface area contributed by atoms with E-state index in [0.717, 1.165) is 30.0 Å². The summed E-state index contributed by atoms with van der Waals surface area (Å²) in [5, 5.41) is 17.5. The first-order valence-corrected chi connectivity index (χ1v) is 12.2. The number of nitrogens with zero attached hydrogens (tertiary/aromatic N) is 4. The number of rotatable bonds is 6. The van der Waals surface area contributed by atoms with Crippen molar-refractivity contribution < 1.29 is 0 Å². The molecule has 0 spiro atoms. The zero-order valence-corrected chi connectivity index (χ0v) is 19.9. The summed E-state index contributed by atoms with van der Waals surface area (Å²) in [5.74, 6) is 3.67. The van der Waals surface area contributed by atoms with Crippen molar-refractivity contribution in [2.24, 2.45) is 23.2 Å². The van der Waals surface area contributed by atoms with Crippen molar-refractivity contribution in [2.75, 3.05) is 0 Å². The molecule has 168 valence electrons. The Morgan fingerprint density at radius 3 is 2.10 bits per heavy atom. The standard InChI is InChI=1S/C26H39N5/c1-24(2,3)17-25(4,5)31-23(28-29-30-31)22(21-9-7-6-8-10-21)27-26-14-18-11-19(15-26)13-20(12-18)16-26/h6-10,18-20,22,27H,11-17H2,1-5H3. The monoisotopic (exact) mass is 421 g/mol. The predicted octanol–water partition coefficient (Wildman–Crippen LogP) is 5.49. The van der Waals surface area contributed by atoms with Crippen LogP contribution >= 0.6 is 0 Å². The number of hydrogen-bond acceptors (Lipinski definition) is 4. The maximum Gasteiger partial charge on any atom is 0.173 e. The molecule has 1 aromatic carbocycles. The summed E-state index contributed by atoms with van der Waals surface area (Å²) in [6.45, 7) is 11.4. The van der Waals surface area contributed by atoms with Gasteiger partial charge in [0.25, 0.3) is 0 Å². The van der Waals surface area contributed by atoms with Crippen molar-refractivity contribution in [2.45, 2.75) is 96.7 Å². The lowest BCUT2D eigenvalue weighted by atomic mass is 9.53. The quantitative estimate of drug-likeness (QED) is 0.670. The molecule has 1 heterocycles. The van der Waals surface area contributed by atoms with Gasteiger partial charge in [-0.1, -0.05) is 51.1 Å². The number of nitrogens with one attached hydrogen (secondary N) is 1. The van der Waals surface area contributed by atoms with Crippen LogP contribution in [0.5, 0.6) is 0 Å². The van der Waals surface area contributed by atoms with Crippen LogP contribution in [0.25, 0.3) is 0 Å². The Labute approximate surface area is 187 Å². The highest BCUT2D eigenvalue weighted by atomic mass is 15.6. The van der Waals surface area contributed by atoms with E-state index < -0.39 is 0 Å². The molecule has 2 aromatic rings. The Kier molecular flexibility index (Phi) is 5.04. The van der Waals surface area contributed by atoms with Gasteiger partial charge in [0.15, 0.2) is 5.82 Å². The molecule has 4 bridgehead atoms. The Hall–Kier alpha value is -1.75. The van der Waals surface area contributed by atoms with E-state index in [9.17, 15) is 0 Å². The second kappa shape index (κ2) is 7.40. The van der Waals surface area contributed by atoms with Crippen LogP contribution in [-0.4, -0.2) is 25.7 Å². The summed E-state index contributed by atoms with van der Waals surface area (Å²) in [4.78, 5) is 0. The van der Waals surface area contributed by atoms with Crippen molar-refractivity contribution in [3.63, 3.8) is 0 Å². The highest BCUT2D eigenvalue weighted by Crippen LogP contribution is 2.56. The number of benzene rings is 1. The topological polar surface area (TPSA) is 55.6 Å². The molecule has 1 N–H and O–H groups in total. The molecular weight excluding hydrogens is 382 g/mol. The van der Waals surface area contributed by atoms with Gasteiger partial charge in [-0.3, -0.25) is 5.32 Å². The first-order valence-electron chi connectivity index (χ1n) is 12.2. The number of tetrazole rings is 1. The molecule has 4 aliphatic carbocycles. The van der Waals surface area contributed by atoms with E-state index in [1.807, 2.05) is 0 Å². The zero-order valence-electron chi connectivity index (χ0n) is 19.9. The lowest BCUT2D eigenvalue weighted by Gasteiger charge is -2.58. The second-order valence-electron chi connectivity index (χ2n) is 12.7. The number of aromatic nitrogens is 4. The Balaban J connectivity index is 1.52. The van der Waals surface area contributed by atoms with Gasteiger partial charge in [0.1, 0.15) is 0 Å². The molecule has 0 saturated heterocycles. The summed E-state index contributed by atoms with van der Waals surface area (Å²) in [6.07, 6.45) is 9.31. The maximum absolute atomic E-state index is 4.63. The van der Waals surface area contributed by atoms with Crippen molar-refractivity contribution >= 4 is 0 Å². The van der Waals surface area contributed by atoms with Gasteiger partial charge in [-0.2, -0.15) is 0 Å². The lowest BCUT2D eigenvalue weighted by Crippen LogP contribution is -2.59. The van der Waals surface area contributed by atoms with Crippen LogP contribution in [0.3, 0.4) is 0 Å². The zero-order chi connectivity index (χ0) is 21.9. The van der Waals surface area contributed by atoms with Gasteiger partial charge in [0.05, 0.1) is 11.6 Å². The fraction of sp³-hybridized carbons (Fsp3) is 0.731. The SMILES string of the molecule is CC(C)(C)CC(C)(C)n1nnnc1C(NC12CC3CC(CC(C3)C1)C2)c1ccccc1. The van der Waals surface area contributed by atoms with E-state index in [1.54, 1.807) is 0 Å². The molecule has 0 radical (unpaired) electrons. The van der Waals surface area contributed by atoms with E-state index >= 15 is 0 Å². The molecule has 6 rings (SSSR count). The maximum atomic E-state index is 4.63. The fourth-order valence-corrected chi connectivity index (χ4v) is 7.71. The highest BCUT2D eigenvalue weighted by molar-refractivity contribution is 5.26. The smallest absolute Gasteiger partial charge is 0.173 e. The minimum absolute atomic E-state index is 0.0201. The van der Waals surface area contributed by atoms with Gasteiger partial charge in [0.2, 0.25) is 0 Å². The largest absolute Gasteiger partial charge is 0.298 e. The van der Waals surface area contributed by atoms with Gasteiger partial charge in [-0.15, -0.1) is 5.10 Å². The van der Waals surface area contributed by atoms with Crippen LogP contribution in [-0.2, 0) is 5.54 Å². The van der Waals surface area contributed by atoms with Gasteiger partial charge >= 0.3 is 0 Å². The van der Waals surface area contributed by atoms with Crippen LogP contribution < -0.4 is 5.32 Å². The van der Waals surface area contributed by atoms with Crippen LogP contribution in [0.4, 0.5) is 0 Å². The second-order valence-corrected chi connectivity index (χ2v) is 12.7. The van der Waals surface area contributed by atoms with E-state index in [-0.39, 0.29) is 22.5 Å². The van der Waals surface area contributed by atoms with Crippen LogP contribution in [0.1, 0.15) is 97.0 Å². The molecule has 31 heavy (non-hydrogen) atoms. The average molecular weight is 422 g/mol. The third-order valence-corrected chi connectivity index (χ3v) is 7.91. The molecule has 1 aromatic heterocycles. The molecule has 5 heteroatoms. The van der Waals surface area contributed by atoms with E-state index in [1.165, 1.54) is 44.1 Å². The van der Waals surface area contributed by atoms with Crippen molar-refractivity contribution in [3.05, 3.63) is 41.7 Å². The van der Waals surface area contributed by atoms with E-state index in [2.05, 4.69) is 90.5 Å². The first kappa shape index (κ1) is 21.1. The van der Waals surface area contributed by atoms with Crippen LogP contribution in [0, 0.1) is 23.2 Å². The normalized spacial score (nSPS) is 31.2. The molecule has 0 aliphatic heterocycles. The third kappa shape index (κ3) is 4.18. The Morgan fingerprint density at radius 2 is 1.55 bits per heavy atom. The minimum atomic E-state index is -0.159. The summed E-state index contributed by atoms with van der Waals surface area (Å²) in [7, 11) is 0. The van der Waals surface area contributed by atoms with Crippen LogP contribution in [0.15, 0.2) is 30.3 Å². The summed E-state index contributed by atoms with van der Waals surface area (Å²) < 4.78 is 2.10. The Bertz CT molecular complexity index is 872.